The van der Waals surface area contributed by atoms with Crippen LogP contribution in [0.25, 0.3) is 6.08 Å². The van der Waals surface area contributed by atoms with E-state index in [2.05, 4.69) is 4.72 Å². The number of nitrogens with one attached hydrogen (secondary N) is 1. The van der Waals surface area contributed by atoms with E-state index in [0.717, 1.165) is 27.7 Å². The van der Waals surface area contributed by atoms with Gasteiger partial charge in [0.15, 0.2) is 0 Å². The van der Waals surface area contributed by atoms with Gasteiger partial charge in [-0.3, -0.25) is 0 Å². The van der Waals surface area contributed by atoms with Crippen LogP contribution in [0.4, 0.5) is 0 Å². The van der Waals surface area contributed by atoms with Crippen molar-refractivity contribution in [3.8, 4) is 0 Å². The van der Waals surface area contributed by atoms with Gasteiger partial charge in [0.2, 0.25) is 10.0 Å². The Balaban J connectivity index is 1.62. The van der Waals surface area contributed by atoms with Crippen molar-refractivity contribution in [1.29, 1.82) is 0 Å². The van der Waals surface area contributed by atoms with Crippen LogP contribution in [0, 0.1) is 6.92 Å². The maximum atomic E-state index is 12.1. The molecule has 1 aliphatic carbocycles. The molecule has 2 N–H and O–H groups in total. The molecule has 0 fully saturated rings. The number of hydrogen-bond donors (Lipinski definition) is 2. The molecule has 0 saturated heterocycles. The van der Waals surface area contributed by atoms with Gasteiger partial charge in [-0.05, 0) is 29.7 Å². The Morgan fingerprint density at radius 2 is 1.67 bits per heavy atom. The zero-order valence-electron chi connectivity index (χ0n) is 13.6. The van der Waals surface area contributed by atoms with Gasteiger partial charge in [-0.2, -0.15) is 0 Å². The topological polar surface area (TPSA) is 66.4 Å². The summed E-state index contributed by atoms with van der Waals surface area (Å²) in [6.07, 6.45) is 2.48. The number of aryl methyl sites for hydroxylation is 1. The Hall–Kier alpha value is -1.95. The van der Waals surface area contributed by atoms with Crippen LogP contribution in [0.3, 0.4) is 0 Å². The molecule has 0 radical (unpaired) electrons. The lowest BCUT2D eigenvalue weighted by atomic mass is 10.0. The van der Waals surface area contributed by atoms with Crippen LogP contribution >= 0.6 is 0 Å². The van der Waals surface area contributed by atoms with E-state index in [1.165, 1.54) is 0 Å². The molecule has 0 aromatic heterocycles. The number of aliphatic hydroxyl groups is 1. The van der Waals surface area contributed by atoms with Crippen LogP contribution in [0.2, 0.25) is 0 Å². The molecule has 0 bridgehead atoms. The molecule has 4 nitrogen and oxygen atoms in total. The maximum absolute atomic E-state index is 12.1. The van der Waals surface area contributed by atoms with Gasteiger partial charge in [-0.1, -0.05) is 54.1 Å². The number of fused-ring (bicyclic) bond motifs is 1. The fraction of sp³-hybridized carbons (Fsp3) is 0.263. The number of rotatable bonds is 5. The molecule has 126 valence electrons. The molecule has 24 heavy (non-hydrogen) atoms. The minimum absolute atomic E-state index is 0.00223. The first-order valence-electron chi connectivity index (χ1n) is 7.89. The molecule has 0 spiro atoms. The van der Waals surface area contributed by atoms with Gasteiger partial charge in [-0.25, -0.2) is 13.1 Å². The second-order valence-corrected chi connectivity index (χ2v) is 8.08. The molecular weight excluding hydrogens is 322 g/mol. The average molecular weight is 343 g/mol. The normalized spacial score (nSPS) is 16.4. The average Bonchev–Trinajstić information content (AvgIpc) is 2.89. The second kappa shape index (κ2) is 6.51. The van der Waals surface area contributed by atoms with Gasteiger partial charge in [-0.15, -0.1) is 0 Å². The molecule has 2 aromatic carbocycles. The molecule has 5 heteroatoms. The lowest BCUT2D eigenvalue weighted by molar-refractivity contribution is 0.0568. The second-order valence-electron chi connectivity index (χ2n) is 6.43. The quantitative estimate of drug-likeness (QED) is 0.876. The summed E-state index contributed by atoms with van der Waals surface area (Å²) >= 11 is 0. The Kier molecular flexibility index (Phi) is 4.58. The summed E-state index contributed by atoms with van der Waals surface area (Å²) in [6.45, 7) is 1.98. The Morgan fingerprint density at radius 1 is 1.08 bits per heavy atom. The van der Waals surface area contributed by atoms with Crippen LogP contribution in [0.5, 0.6) is 0 Å². The third kappa shape index (κ3) is 4.12. The highest BCUT2D eigenvalue weighted by Gasteiger charge is 2.35. The summed E-state index contributed by atoms with van der Waals surface area (Å²) in [7, 11) is -3.59. The molecule has 2 aromatic rings. The monoisotopic (exact) mass is 343 g/mol. The first kappa shape index (κ1) is 16.9. The Bertz CT molecular complexity index is 829. The van der Waals surface area contributed by atoms with Crippen LogP contribution in [-0.2, 0) is 22.9 Å². The first-order chi connectivity index (χ1) is 11.4. The Labute approximate surface area is 142 Å². The summed E-state index contributed by atoms with van der Waals surface area (Å²) in [5, 5.41) is 11.8. The Morgan fingerprint density at radius 3 is 2.25 bits per heavy atom. The van der Waals surface area contributed by atoms with Gasteiger partial charge < -0.3 is 5.11 Å². The van der Waals surface area contributed by atoms with E-state index in [1.54, 1.807) is 6.08 Å². The zero-order chi connectivity index (χ0) is 17.2. The van der Waals surface area contributed by atoms with Crippen molar-refractivity contribution in [2.45, 2.75) is 25.4 Å². The molecule has 0 heterocycles. The van der Waals surface area contributed by atoms with Gasteiger partial charge in [0.05, 0.1) is 5.60 Å². The highest BCUT2D eigenvalue weighted by molar-refractivity contribution is 7.92. The number of hydrogen-bond acceptors (Lipinski definition) is 3. The minimum Gasteiger partial charge on any atom is -0.388 e. The van der Waals surface area contributed by atoms with Gasteiger partial charge in [0.1, 0.15) is 0 Å². The van der Waals surface area contributed by atoms with Gasteiger partial charge in [0, 0.05) is 24.8 Å². The van der Waals surface area contributed by atoms with Crippen molar-refractivity contribution in [3.05, 3.63) is 76.2 Å². The maximum Gasteiger partial charge on any atom is 0.233 e. The lowest BCUT2D eigenvalue weighted by Crippen LogP contribution is -2.43. The molecule has 0 aliphatic heterocycles. The van der Waals surface area contributed by atoms with E-state index in [1.807, 2.05) is 55.5 Å². The molecular formula is C19H21NO3S. The number of sulfonamides is 1. The van der Waals surface area contributed by atoms with Crippen LogP contribution in [0.1, 0.15) is 22.3 Å². The van der Waals surface area contributed by atoms with E-state index in [9.17, 15) is 13.5 Å². The molecule has 3 rings (SSSR count). The first-order valence-corrected chi connectivity index (χ1v) is 9.44. The van der Waals surface area contributed by atoms with E-state index in [-0.39, 0.29) is 6.54 Å². The van der Waals surface area contributed by atoms with Crippen molar-refractivity contribution in [1.82, 2.24) is 4.72 Å². The van der Waals surface area contributed by atoms with Crippen LogP contribution < -0.4 is 4.72 Å². The summed E-state index contributed by atoms with van der Waals surface area (Å²) in [6, 6.07) is 15.4. The minimum atomic E-state index is -3.59. The predicted octanol–water partition coefficient (Wildman–Crippen LogP) is 2.42. The highest BCUT2D eigenvalue weighted by Crippen LogP contribution is 2.29. The van der Waals surface area contributed by atoms with Crippen molar-refractivity contribution >= 4 is 16.1 Å². The van der Waals surface area contributed by atoms with E-state index >= 15 is 0 Å². The highest BCUT2D eigenvalue weighted by atomic mass is 32.2. The SMILES string of the molecule is Cc1ccc(/C=C/S(=O)(=O)NCC2(O)Cc3ccccc3C2)cc1. The largest absolute Gasteiger partial charge is 0.388 e. The van der Waals surface area contributed by atoms with Crippen molar-refractivity contribution in [2.24, 2.45) is 0 Å². The molecule has 0 amide bonds. The molecule has 0 atom stereocenters. The standard InChI is InChI=1S/C19H21NO3S/c1-15-6-8-16(9-7-15)10-11-24(22,23)20-14-19(21)12-17-4-2-3-5-18(17)13-19/h2-11,20-21H,12-14H2,1H3/b11-10+. The van der Waals surface area contributed by atoms with Crippen molar-refractivity contribution in [2.75, 3.05) is 6.54 Å². The summed E-state index contributed by atoms with van der Waals surface area (Å²) in [4.78, 5) is 0. The third-order valence-corrected chi connectivity index (χ3v) is 5.32. The van der Waals surface area contributed by atoms with Crippen LogP contribution in [-0.4, -0.2) is 25.7 Å². The summed E-state index contributed by atoms with van der Waals surface area (Å²) < 4.78 is 26.8. The number of benzene rings is 2. The van der Waals surface area contributed by atoms with Crippen molar-refractivity contribution < 1.29 is 13.5 Å². The van der Waals surface area contributed by atoms with Gasteiger partial charge >= 0.3 is 0 Å². The van der Waals surface area contributed by atoms with Gasteiger partial charge in [0.25, 0.3) is 0 Å². The molecule has 0 unspecified atom stereocenters. The lowest BCUT2D eigenvalue weighted by Gasteiger charge is -2.22. The fourth-order valence-electron chi connectivity index (χ4n) is 2.93. The summed E-state index contributed by atoms with van der Waals surface area (Å²) in [5.74, 6) is 0. The van der Waals surface area contributed by atoms with E-state index in [0.29, 0.717) is 12.8 Å². The third-order valence-electron chi connectivity index (χ3n) is 4.28. The predicted molar refractivity (Wildman–Crippen MR) is 95.9 cm³/mol. The zero-order valence-corrected chi connectivity index (χ0v) is 14.4. The summed E-state index contributed by atoms with van der Waals surface area (Å²) in [5.41, 5.74) is 3.03. The molecule has 1 aliphatic rings. The molecule has 0 saturated carbocycles. The van der Waals surface area contributed by atoms with Crippen LogP contribution in [0.15, 0.2) is 53.9 Å². The van der Waals surface area contributed by atoms with E-state index in [4.69, 9.17) is 0 Å². The fourth-order valence-corrected chi connectivity index (χ4v) is 3.83. The van der Waals surface area contributed by atoms with E-state index < -0.39 is 15.6 Å². The van der Waals surface area contributed by atoms with Crippen molar-refractivity contribution in [3.63, 3.8) is 0 Å². The smallest absolute Gasteiger partial charge is 0.233 e.